The van der Waals surface area contributed by atoms with Crippen LogP contribution >= 0.6 is 0 Å². The molecule has 9 rings (SSSR count). The van der Waals surface area contributed by atoms with E-state index in [0.29, 0.717) is 22.6 Å². The summed E-state index contributed by atoms with van der Waals surface area (Å²) in [5, 5.41) is 28.4. The van der Waals surface area contributed by atoms with Gasteiger partial charge < -0.3 is 15.1 Å². The van der Waals surface area contributed by atoms with Crippen molar-refractivity contribution in [2.75, 3.05) is 18.0 Å². The average molecular weight is 974 g/mol. The Labute approximate surface area is 429 Å². The first kappa shape index (κ1) is 49.2. The topological polar surface area (TPSA) is 143 Å². The van der Waals surface area contributed by atoms with Crippen molar-refractivity contribution in [3.8, 4) is 0 Å². The van der Waals surface area contributed by atoms with Crippen LogP contribution in [0.1, 0.15) is 69.5 Å². The second kappa shape index (κ2) is 22.1. The molecule has 2 aliphatic rings. The second-order valence-corrected chi connectivity index (χ2v) is 17.9. The van der Waals surface area contributed by atoms with Gasteiger partial charge >= 0.3 is 11.9 Å². The minimum absolute atomic E-state index is 0.371. The van der Waals surface area contributed by atoms with Crippen molar-refractivity contribution in [2.24, 2.45) is 10.2 Å². The number of amides is 2. The smallest absolute Gasteiger partial charge is 0.325 e. The van der Waals surface area contributed by atoms with Gasteiger partial charge in [0.05, 0.1) is 22.6 Å². The van der Waals surface area contributed by atoms with E-state index in [1.807, 2.05) is 66.7 Å². The van der Waals surface area contributed by atoms with E-state index in [0.717, 1.165) is 82.7 Å². The minimum Gasteiger partial charge on any atom is -0.480 e. The zero-order valence-corrected chi connectivity index (χ0v) is 41.0. The van der Waals surface area contributed by atoms with E-state index in [4.69, 9.17) is 10.2 Å². The molecule has 0 aromatic heterocycles. The van der Waals surface area contributed by atoms with Crippen LogP contribution < -0.4 is 4.90 Å². The fourth-order valence-electron chi connectivity index (χ4n) is 8.56. The standard InChI is InChI=1S/C63H51N5O6/c1-42-9-29-53(30-10-42)59(52-7-5-4-6-8-52)39-51-27-35-56(36-28-51)68(54-31-23-47(24-32-54)13-11-45-15-19-49(20-16-45)37-57-43(2)64-66(62(57)73)40-60(69)70)55-33-25-48(26-34-55)14-12-46-17-21-50(22-18-46)38-58-44(3)65-67(63(58)74)41-61(71)72/h4-39H,40-41H2,1-3H3,(H,69,70)(H,71,72)/b13-11+,14-12+,57-37-,58-38+,59-39-. The third-order valence-corrected chi connectivity index (χ3v) is 12.5. The number of carbonyl (C=O) groups excluding carboxylic acids is 2. The van der Waals surface area contributed by atoms with Crippen LogP contribution in [0.5, 0.6) is 0 Å². The van der Waals surface area contributed by atoms with Crippen LogP contribution in [-0.4, -0.2) is 68.5 Å². The van der Waals surface area contributed by atoms with Crippen molar-refractivity contribution in [2.45, 2.75) is 20.8 Å². The quantitative estimate of drug-likeness (QED) is 0.0725. The number of nitrogens with zero attached hydrogens (tertiary/aromatic N) is 5. The summed E-state index contributed by atoms with van der Waals surface area (Å²) < 4.78 is 0. The number of carboxylic acid groups (broad SMARTS) is 2. The summed E-state index contributed by atoms with van der Waals surface area (Å²) in [6, 6.07) is 60.0. The number of aryl methyl sites for hydroxylation is 1. The molecular formula is C63H51N5O6. The molecule has 0 bridgehead atoms. The summed E-state index contributed by atoms with van der Waals surface area (Å²) in [7, 11) is 0. The molecule has 74 heavy (non-hydrogen) atoms. The molecule has 11 heteroatoms. The van der Waals surface area contributed by atoms with Gasteiger partial charge in [-0.25, -0.2) is 10.0 Å². The van der Waals surface area contributed by atoms with Gasteiger partial charge in [-0.05, 0) is 131 Å². The molecule has 11 nitrogen and oxygen atoms in total. The van der Waals surface area contributed by atoms with Crippen molar-refractivity contribution >= 4 is 100 Å². The summed E-state index contributed by atoms with van der Waals surface area (Å²) in [6.45, 7) is 4.52. The summed E-state index contributed by atoms with van der Waals surface area (Å²) in [4.78, 5) is 50.1. The van der Waals surface area contributed by atoms with Gasteiger partial charge in [0.1, 0.15) is 13.1 Å². The lowest BCUT2D eigenvalue weighted by Crippen LogP contribution is -2.28. The van der Waals surface area contributed by atoms with Gasteiger partial charge in [0.25, 0.3) is 11.8 Å². The molecule has 2 amide bonds. The highest BCUT2D eigenvalue weighted by atomic mass is 16.4. The van der Waals surface area contributed by atoms with Crippen LogP contribution in [0.2, 0.25) is 0 Å². The highest BCUT2D eigenvalue weighted by Crippen LogP contribution is 2.36. The van der Waals surface area contributed by atoms with E-state index in [-0.39, 0.29) is 0 Å². The van der Waals surface area contributed by atoms with Crippen LogP contribution in [0.4, 0.5) is 17.1 Å². The molecule has 2 aliphatic heterocycles. The maximum atomic E-state index is 12.8. The lowest BCUT2D eigenvalue weighted by molar-refractivity contribution is -0.142. The molecule has 0 radical (unpaired) electrons. The Morgan fingerprint density at radius 1 is 0.446 bits per heavy atom. The lowest BCUT2D eigenvalue weighted by atomic mass is 9.95. The van der Waals surface area contributed by atoms with Gasteiger partial charge in [-0.3, -0.25) is 19.2 Å². The van der Waals surface area contributed by atoms with Gasteiger partial charge in [0, 0.05) is 17.1 Å². The third-order valence-electron chi connectivity index (χ3n) is 12.5. The van der Waals surface area contributed by atoms with Crippen molar-refractivity contribution < 1.29 is 29.4 Å². The average Bonchev–Trinajstić information content (AvgIpc) is 3.82. The minimum atomic E-state index is -1.12. The Hall–Kier alpha value is -9.74. The van der Waals surface area contributed by atoms with E-state index < -0.39 is 36.8 Å². The normalized spacial score (nSPS) is 14.9. The first-order valence-corrected chi connectivity index (χ1v) is 24.0. The van der Waals surface area contributed by atoms with E-state index in [2.05, 4.69) is 162 Å². The first-order valence-electron chi connectivity index (χ1n) is 24.0. The molecule has 0 aliphatic carbocycles. The Kier molecular flexibility index (Phi) is 14.7. The monoisotopic (exact) mass is 973 g/mol. The van der Waals surface area contributed by atoms with Gasteiger partial charge in [-0.15, -0.1) is 0 Å². The van der Waals surface area contributed by atoms with Crippen LogP contribution in [-0.2, 0) is 19.2 Å². The molecule has 0 atom stereocenters. The molecule has 0 fully saturated rings. The predicted octanol–water partition coefficient (Wildman–Crippen LogP) is 12.8. The largest absolute Gasteiger partial charge is 0.480 e. The summed E-state index contributed by atoms with van der Waals surface area (Å²) >= 11 is 0. The molecular weight excluding hydrogens is 923 g/mol. The van der Waals surface area contributed by atoms with E-state index in [1.54, 1.807) is 26.0 Å². The SMILES string of the molecule is CC1=NN(CC(=O)O)C(=O)/C1=C\c1ccc(/C=C/c2ccc(N(c3ccc(/C=C(/c4ccccc4)c4ccc(C)cc4)cc3)c3ccc(/C=C/c4ccc(/C=C5/C(=O)N(CC(=O)O)N=C5C)cc4)cc3)cc2)cc1. The van der Waals surface area contributed by atoms with Crippen molar-refractivity contribution in [3.05, 3.63) is 243 Å². The molecule has 7 aromatic carbocycles. The number of aliphatic carboxylic acids is 2. The Morgan fingerprint density at radius 2 is 0.784 bits per heavy atom. The van der Waals surface area contributed by atoms with Crippen LogP contribution in [0.3, 0.4) is 0 Å². The Bertz CT molecular complexity index is 3300. The van der Waals surface area contributed by atoms with Gasteiger partial charge in [0.2, 0.25) is 0 Å². The molecule has 0 unspecified atom stereocenters. The summed E-state index contributed by atoms with van der Waals surface area (Å²) in [6.07, 6.45) is 13.9. The summed E-state index contributed by atoms with van der Waals surface area (Å²) in [5.74, 6) is -3.11. The van der Waals surface area contributed by atoms with Crippen molar-refractivity contribution in [3.63, 3.8) is 0 Å². The molecule has 0 saturated heterocycles. The second-order valence-electron chi connectivity index (χ2n) is 17.9. The number of carbonyl (C=O) groups is 4. The molecule has 364 valence electrons. The number of hydrogen-bond donors (Lipinski definition) is 2. The number of benzene rings is 7. The first-order chi connectivity index (χ1) is 35.8. The van der Waals surface area contributed by atoms with Crippen LogP contribution in [0.25, 0.3) is 48.1 Å². The maximum Gasteiger partial charge on any atom is 0.325 e. The van der Waals surface area contributed by atoms with Gasteiger partial charge in [-0.2, -0.15) is 10.2 Å². The number of rotatable bonds is 16. The Balaban J connectivity index is 0.953. The molecule has 0 saturated carbocycles. The number of hydrazone groups is 2. The van der Waals surface area contributed by atoms with Gasteiger partial charge in [-0.1, -0.05) is 169 Å². The molecule has 2 heterocycles. The van der Waals surface area contributed by atoms with Crippen molar-refractivity contribution in [1.82, 2.24) is 10.0 Å². The fraction of sp³-hybridized carbons (Fsp3) is 0.0794. The number of hydrogen-bond acceptors (Lipinski definition) is 7. The zero-order chi connectivity index (χ0) is 51.7. The lowest BCUT2D eigenvalue weighted by Gasteiger charge is -2.26. The highest BCUT2D eigenvalue weighted by Gasteiger charge is 2.30. The van der Waals surface area contributed by atoms with E-state index in [9.17, 15) is 19.2 Å². The predicted molar refractivity (Wildman–Crippen MR) is 297 cm³/mol. The summed E-state index contributed by atoms with van der Waals surface area (Å²) in [5.41, 5.74) is 15.9. The maximum absolute atomic E-state index is 12.8. The van der Waals surface area contributed by atoms with Crippen molar-refractivity contribution in [1.29, 1.82) is 0 Å². The number of anilines is 3. The molecule has 7 aromatic rings. The van der Waals surface area contributed by atoms with Crippen LogP contribution in [0.15, 0.2) is 197 Å². The molecule has 0 spiro atoms. The zero-order valence-electron chi connectivity index (χ0n) is 41.0. The van der Waals surface area contributed by atoms with E-state index in [1.165, 1.54) is 5.56 Å². The van der Waals surface area contributed by atoms with E-state index >= 15 is 0 Å². The molecule has 2 N–H and O–H groups in total. The number of carboxylic acids is 2. The Morgan fingerprint density at radius 3 is 1.16 bits per heavy atom. The third kappa shape index (κ3) is 11.9. The van der Waals surface area contributed by atoms with Gasteiger partial charge in [0.15, 0.2) is 0 Å². The highest BCUT2D eigenvalue weighted by molar-refractivity contribution is 6.27. The fourth-order valence-corrected chi connectivity index (χ4v) is 8.56. The van der Waals surface area contributed by atoms with Crippen LogP contribution in [0, 0.1) is 6.92 Å².